The van der Waals surface area contributed by atoms with E-state index in [1.807, 2.05) is 42.5 Å². The highest BCUT2D eigenvalue weighted by Gasteiger charge is 2.14. The first-order valence-corrected chi connectivity index (χ1v) is 11.0. The van der Waals surface area contributed by atoms with E-state index in [2.05, 4.69) is 15.6 Å². The van der Waals surface area contributed by atoms with Gasteiger partial charge in [0.05, 0.1) is 0 Å². The second kappa shape index (κ2) is 10.8. The molecular weight excluding hydrogens is 433 g/mol. The van der Waals surface area contributed by atoms with Crippen LogP contribution in [0.1, 0.15) is 17.5 Å². The molecule has 0 radical (unpaired) electrons. The molecular formula is C27H26FN3O3. The van der Waals surface area contributed by atoms with Gasteiger partial charge in [-0.05, 0) is 65.6 Å². The number of aromatic amines is 1. The van der Waals surface area contributed by atoms with Gasteiger partial charge in [-0.2, -0.15) is 0 Å². The minimum absolute atomic E-state index is 0.0191. The number of methoxy groups -OCH3 is 1. The van der Waals surface area contributed by atoms with Gasteiger partial charge in [0.25, 0.3) is 0 Å². The van der Waals surface area contributed by atoms with Crippen LogP contribution < -0.4 is 10.6 Å². The van der Waals surface area contributed by atoms with Crippen molar-refractivity contribution in [3.63, 3.8) is 0 Å². The number of aryl methyl sites for hydroxylation is 1. The maximum atomic E-state index is 13.4. The largest absolute Gasteiger partial charge is 0.375 e. The molecule has 0 aliphatic rings. The van der Waals surface area contributed by atoms with Crippen molar-refractivity contribution < 1.29 is 18.7 Å². The summed E-state index contributed by atoms with van der Waals surface area (Å²) in [6.07, 6.45) is 0.843. The fourth-order valence-corrected chi connectivity index (χ4v) is 3.94. The van der Waals surface area contributed by atoms with Crippen LogP contribution in [0.5, 0.6) is 0 Å². The zero-order valence-electron chi connectivity index (χ0n) is 18.9. The van der Waals surface area contributed by atoms with Crippen LogP contribution in [0.4, 0.5) is 10.1 Å². The van der Waals surface area contributed by atoms with E-state index in [0.29, 0.717) is 25.1 Å². The number of para-hydroxylation sites is 1. The molecule has 3 N–H and O–H groups in total. The van der Waals surface area contributed by atoms with Gasteiger partial charge in [0.2, 0.25) is 11.8 Å². The first-order chi connectivity index (χ1) is 16.5. The number of halogens is 1. The smallest absolute Gasteiger partial charge is 0.250 e. The predicted molar refractivity (Wildman–Crippen MR) is 131 cm³/mol. The highest BCUT2D eigenvalue weighted by molar-refractivity contribution is 5.92. The van der Waals surface area contributed by atoms with E-state index in [1.54, 1.807) is 18.2 Å². The molecule has 3 aromatic carbocycles. The third-order valence-corrected chi connectivity index (χ3v) is 5.52. The Kier molecular flexibility index (Phi) is 7.34. The highest BCUT2D eigenvalue weighted by Crippen LogP contribution is 2.31. The van der Waals surface area contributed by atoms with Crippen LogP contribution in [0.3, 0.4) is 0 Å². The van der Waals surface area contributed by atoms with Crippen molar-refractivity contribution in [2.45, 2.75) is 19.4 Å². The molecule has 0 fully saturated rings. The molecule has 0 unspecified atom stereocenters. The van der Waals surface area contributed by atoms with Gasteiger partial charge in [-0.15, -0.1) is 0 Å². The Morgan fingerprint density at radius 2 is 1.76 bits per heavy atom. The van der Waals surface area contributed by atoms with Gasteiger partial charge in [0.15, 0.2) is 0 Å². The number of H-pyrrole nitrogens is 1. The molecule has 4 aromatic rings. The van der Waals surface area contributed by atoms with E-state index in [-0.39, 0.29) is 24.2 Å². The van der Waals surface area contributed by atoms with Crippen LogP contribution in [0, 0.1) is 5.82 Å². The van der Waals surface area contributed by atoms with Crippen LogP contribution in [-0.4, -0.2) is 30.5 Å². The molecule has 34 heavy (non-hydrogen) atoms. The van der Waals surface area contributed by atoms with Crippen molar-refractivity contribution >= 4 is 28.4 Å². The molecule has 2 amide bonds. The molecule has 0 spiro atoms. The lowest BCUT2D eigenvalue weighted by atomic mass is 10.0. The minimum Gasteiger partial charge on any atom is -0.375 e. The molecule has 4 rings (SSSR count). The number of hydrogen-bond acceptors (Lipinski definition) is 3. The lowest BCUT2D eigenvalue weighted by Gasteiger charge is -2.09. The number of carbonyl (C=O) groups excluding carboxylic acids is 2. The van der Waals surface area contributed by atoms with Gasteiger partial charge < -0.3 is 20.4 Å². The summed E-state index contributed by atoms with van der Waals surface area (Å²) >= 11 is 0. The maximum absolute atomic E-state index is 13.4. The average molecular weight is 460 g/mol. The van der Waals surface area contributed by atoms with E-state index in [9.17, 15) is 14.0 Å². The molecule has 7 heteroatoms. The summed E-state index contributed by atoms with van der Waals surface area (Å²) in [7, 11) is 1.46. The Morgan fingerprint density at radius 3 is 2.56 bits per heavy atom. The first kappa shape index (κ1) is 23.2. The van der Waals surface area contributed by atoms with Gasteiger partial charge in [-0.1, -0.05) is 30.3 Å². The molecule has 174 valence electrons. The monoisotopic (exact) mass is 459 g/mol. The number of hydrogen-bond donors (Lipinski definition) is 3. The molecule has 0 bridgehead atoms. The average Bonchev–Trinajstić information content (AvgIpc) is 3.21. The number of aromatic nitrogens is 1. The number of rotatable bonds is 9. The van der Waals surface area contributed by atoms with Gasteiger partial charge in [-0.3, -0.25) is 9.59 Å². The van der Waals surface area contributed by atoms with Crippen LogP contribution in [0.25, 0.3) is 22.2 Å². The SMILES string of the molecule is COCC(=O)Nc1cccc(CNC(=O)CCc2c(-c3ccc(F)cc3)[nH]c3ccccc23)c1. The van der Waals surface area contributed by atoms with Crippen LogP contribution in [0.2, 0.25) is 0 Å². The van der Waals surface area contributed by atoms with Crippen molar-refractivity contribution in [2.75, 3.05) is 19.0 Å². The Hall–Kier alpha value is -3.97. The summed E-state index contributed by atoms with van der Waals surface area (Å²) < 4.78 is 18.2. The Balaban J connectivity index is 1.42. The molecule has 0 aliphatic carbocycles. The quantitative estimate of drug-likeness (QED) is 0.336. The second-order valence-corrected chi connectivity index (χ2v) is 7.99. The van der Waals surface area contributed by atoms with Crippen molar-refractivity contribution in [3.8, 4) is 11.3 Å². The molecule has 0 saturated carbocycles. The van der Waals surface area contributed by atoms with Crippen LogP contribution >= 0.6 is 0 Å². The summed E-state index contributed by atoms with van der Waals surface area (Å²) in [5.74, 6) is -0.605. The van der Waals surface area contributed by atoms with Gasteiger partial charge >= 0.3 is 0 Å². The Labute approximate surface area is 197 Å². The van der Waals surface area contributed by atoms with Gasteiger partial charge in [0.1, 0.15) is 12.4 Å². The molecule has 0 aliphatic heterocycles. The van der Waals surface area contributed by atoms with Crippen LogP contribution in [-0.2, 0) is 27.3 Å². The maximum Gasteiger partial charge on any atom is 0.250 e. The topological polar surface area (TPSA) is 83.2 Å². The highest BCUT2D eigenvalue weighted by atomic mass is 19.1. The second-order valence-electron chi connectivity index (χ2n) is 7.99. The van der Waals surface area contributed by atoms with Crippen LogP contribution in [0.15, 0.2) is 72.8 Å². The standard InChI is InChI=1S/C27H26FN3O3/c1-34-17-26(33)30-21-6-4-5-18(15-21)16-29-25(32)14-13-23-22-7-2-3-8-24(22)31-27(23)19-9-11-20(28)12-10-19/h2-12,15,31H,13-14,16-17H2,1H3,(H,29,32)(H,30,33). The van der Waals surface area contributed by atoms with Crippen molar-refractivity contribution in [1.29, 1.82) is 0 Å². The summed E-state index contributed by atoms with van der Waals surface area (Å²) in [6, 6.07) is 21.6. The minimum atomic E-state index is -0.289. The lowest BCUT2D eigenvalue weighted by molar-refractivity contribution is -0.121. The van der Waals surface area contributed by atoms with E-state index >= 15 is 0 Å². The molecule has 1 heterocycles. The van der Waals surface area contributed by atoms with Crippen molar-refractivity contribution in [3.05, 3.63) is 89.7 Å². The number of amides is 2. The number of anilines is 1. The number of carbonyl (C=O) groups is 2. The Bertz CT molecular complexity index is 1300. The van der Waals surface area contributed by atoms with E-state index < -0.39 is 0 Å². The molecule has 0 atom stereocenters. The van der Waals surface area contributed by atoms with E-state index in [1.165, 1.54) is 19.2 Å². The predicted octanol–water partition coefficient (Wildman–Crippen LogP) is 4.81. The number of benzene rings is 3. The summed E-state index contributed by atoms with van der Waals surface area (Å²) in [4.78, 5) is 27.7. The molecule has 6 nitrogen and oxygen atoms in total. The van der Waals surface area contributed by atoms with Gasteiger partial charge in [0, 0.05) is 42.4 Å². The number of nitrogens with one attached hydrogen (secondary N) is 3. The summed E-state index contributed by atoms with van der Waals surface area (Å²) in [6.45, 7) is 0.334. The number of fused-ring (bicyclic) bond motifs is 1. The Morgan fingerprint density at radius 1 is 0.971 bits per heavy atom. The first-order valence-electron chi connectivity index (χ1n) is 11.0. The van der Waals surface area contributed by atoms with E-state index in [4.69, 9.17) is 4.74 Å². The third-order valence-electron chi connectivity index (χ3n) is 5.52. The number of ether oxygens (including phenoxy) is 1. The zero-order valence-corrected chi connectivity index (χ0v) is 18.9. The molecule has 0 saturated heterocycles. The van der Waals surface area contributed by atoms with E-state index in [0.717, 1.165) is 33.3 Å². The normalized spacial score (nSPS) is 10.9. The summed E-state index contributed by atoms with van der Waals surface area (Å²) in [5, 5.41) is 6.75. The summed E-state index contributed by atoms with van der Waals surface area (Å²) in [5.41, 5.74) is 5.30. The van der Waals surface area contributed by atoms with Crippen molar-refractivity contribution in [1.82, 2.24) is 10.3 Å². The zero-order chi connectivity index (χ0) is 23.9. The fourth-order valence-electron chi connectivity index (χ4n) is 3.94. The van der Waals surface area contributed by atoms with Gasteiger partial charge in [-0.25, -0.2) is 4.39 Å². The lowest BCUT2D eigenvalue weighted by Crippen LogP contribution is -2.23. The third kappa shape index (κ3) is 5.68. The fraction of sp³-hybridized carbons (Fsp3) is 0.185. The van der Waals surface area contributed by atoms with Crippen molar-refractivity contribution in [2.24, 2.45) is 0 Å². The molecule has 1 aromatic heterocycles.